The summed E-state index contributed by atoms with van der Waals surface area (Å²) >= 11 is 9.64. The second kappa shape index (κ2) is 7.21. The molecule has 4 heteroatoms. The minimum atomic E-state index is 0.0742. The van der Waals surface area contributed by atoms with Crippen molar-refractivity contribution in [3.8, 4) is 0 Å². The number of likely N-dealkylation sites (N-methyl/N-ethyl adjacent to an activating group) is 1. The molecule has 110 valence electrons. The number of hydrogen-bond acceptors (Lipinski definition) is 2. The summed E-state index contributed by atoms with van der Waals surface area (Å²) in [5.41, 5.74) is 1.73. The molecule has 0 amide bonds. The fraction of sp³-hybridized carbons (Fsp3) is 0.235. The van der Waals surface area contributed by atoms with Crippen LogP contribution in [0, 0.1) is 0 Å². The summed E-state index contributed by atoms with van der Waals surface area (Å²) in [5, 5.41) is 0.727. The van der Waals surface area contributed by atoms with Gasteiger partial charge in [0.2, 0.25) is 0 Å². The molecule has 0 bridgehead atoms. The summed E-state index contributed by atoms with van der Waals surface area (Å²) in [5.74, 6) is 0.0869. The Hall–Kier alpha value is -1.16. The van der Waals surface area contributed by atoms with Crippen molar-refractivity contribution in [3.63, 3.8) is 0 Å². The fourth-order valence-electron chi connectivity index (χ4n) is 2.19. The fourth-order valence-corrected chi connectivity index (χ4v) is 2.99. The lowest BCUT2D eigenvalue weighted by Gasteiger charge is -2.25. The lowest BCUT2D eigenvalue weighted by molar-refractivity contribution is 0.0924. The smallest absolute Gasteiger partial charge is 0.177 e. The molecule has 0 aliphatic carbocycles. The zero-order valence-electron chi connectivity index (χ0n) is 12.0. The van der Waals surface area contributed by atoms with Crippen LogP contribution in [0.25, 0.3) is 0 Å². The van der Waals surface area contributed by atoms with Crippen molar-refractivity contribution in [1.29, 1.82) is 0 Å². The van der Waals surface area contributed by atoms with Gasteiger partial charge in [-0.2, -0.15) is 0 Å². The maximum Gasteiger partial charge on any atom is 0.177 e. The van der Waals surface area contributed by atoms with Crippen LogP contribution in [-0.4, -0.2) is 24.3 Å². The number of nitrogens with zero attached hydrogens (tertiary/aromatic N) is 1. The highest BCUT2D eigenvalue weighted by Gasteiger charge is 2.18. The predicted octanol–water partition coefficient (Wildman–Crippen LogP) is 4.98. The predicted molar refractivity (Wildman–Crippen MR) is 91.0 cm³/mol. The molecule has 0 radical (unpaired) electrons. The zero-order chi connectivity index (χ0) is 15.4. The third-order valence-corrected chi connectivity index (χ3v) is 4.62. The quantitative estimate of drug-likeness (QED) is 0.696. The first kappa shape index (κ1) is 16.2. The molecule has 2 aromatic carbocycles. The number of rotatable bonds is 5. The molecule has 21 heavy (non-hydrogen) atoms. The summed E-state index contributed by atoms with van der Waals surface area (Å²) in [6, 6.07) is 15.3. The molecule has 0 aromatic heterocycles. The van der Waals surface area contributed by atoms with Gasteiger partial charge >= 0.3 is 0 Å². The van der Waals surface area contributed by atoms with E-state index in [0.29, 0.717) is 12.1 Å². The van der Waals surface area contributed by atoms with E-state index < -0.39 is 0 Å². The van der Waals surface area contributed by atoms with Gasteiger partial charge in [0.25, 0.3) is 0 Å². The monoisotopic (exact) mass is 365 g/mol. The number of hydrogen-bond donors (Lipinski definition) is 0. The molecule has 0 saturated heterocycles. The molecular formula is C17H17BrClNO. The Morgan fingerprint density at radius 2 is 1.81 bits per heavy atom. The van der Waals surface area contributed by atoms with Crippen molar-refractivity contribution in [2.75, 3.05) is 13.6 Å². The van der Waals surface area contributed by atoms with E-state index in [1.54, 1.807) is 0 Å². The van der Waals surface area contributed by atoms with Gasteiger partial charge in [0.1, 0.15) is 0 Å². The van der Waals surface area contributed by atoms with E-state index in [-0.39, 0.29) is 11.8 Å². The van der Waals surface area contributed by atoms with Gasteiger partial charge in [-0.15, -0.1) is 0 Å². The second-order valence-electron chi connectivity index (χ2n) is 5.02. The van der Waals surface area contributed by atoms with Crippen LogP contribution in [0.3, 0.4) is 0 Å². The molecular weight excluding hydrogens is 350 g/mol. The topological polar surface area (TPSA) is 20.3 Å². The van der Waals surface area contributed by atoms with Crippen LogP contribution in [0.2, 0.25) is 5.02 Å². The zero-order valence-corrected chi connectivity index (χ0v) is 14.4. The van der Waals surface area contributed by atoms with Crippen molar-refractivity contribution >= 4 is 33.3 Å². The SMILES string of the molecule is CC(c1ccccc1Cl)N(C)CC(=O)c1ccccc1Br. The van der Waals surface area contributed by atoms with Gasteiger partial charge in [-0.05, 0) is 31.7 Å². The number of Topliss-reactive ketones (excluding diaryl/α,β-unsaturated/α-hetero) is 1. The van der Waals surface area contributed by atoms with Crippen LogP contribution in [-0.2, 0) is 0 Å². The molecule has 0 spiro atoms. The molecule has 2 aromatic rings. The van der Waals surface area contributed by atoms with E-state index in [4.69, 9.17) is 11.6 Å². The van der Waals surface area contributed by atoms with E-state index in [2.05, 4.69) is 22.9 Å². The van der Waals surface area contributed by atoms with E-state index in [9.17, 15) is 4.79 Å². The van der Waals surface area contributed by atoms with Crippen molar-refractivity contribution < 1.29 is 4.79 Å². The van der Waals surface area contributed by atoms with E-state index in [1.807, 2.05) is 60.5 Å². The van der Waals surface area contributed by atoms with E-state index >= 15 is 0 Å². The molecule has 0 heterocycles. The lowest BCUT2D eigenvalue weighted by atomic mass is 10.1. The highest BCUT2D eigenvalue weighted by Crippen LogP contribution is 2.26. The Kier molecular flexibility index (Phi) is 5.57. The molecule has 2 nitrogen and oxygen atoms in total. The van der Waals surface area contributed by atoms with Gasteiger partial charge in [-0.1, -0.05) is 63.9 Å². The highest BCUT2D eigenvalue weighted by molar-refractivity contribution is 9.10. The maximum atomic E-state index is 12.4. The first-order valence-electron chi connectivity index (χ1n) is 6.73. The van der Waals surface area contributed by atoms with Gasteiger partial charge < -0.3 is 0 Å². The first-order valence-corrected chi connectivity index (χ1v) is 7.90. The number of benzene rings is 2. The second-order valence-corrected chi connectivity index (χ2v) is 6.28. The van der Waals surface area contributed by atoms with E-state index in [0.717, 1.165) is 15.1 Å². The Morgan fingerprint density at radius 3 is 2.48 bits per heavy atom. The largest absolute Gasteiger partial charge is 0.293 e. The van der Waals surface area contributed by atoms with Crippen LogP contribution in [0.15, 0.2) is 53.0 Å². The third-order valence-electron chi connectivity index (χ3n) is 3.58. The number of carbonyl (C=O) groups is 1. The van der Waals surface area contributed by atoms with Gasteiger partial charge in [0.15, 0.2) is 5.78 Å². The highest BCUT2D eigenvalue weighted by atomic mass is 79.9. The molecule has 0 aliphatic heterocycles. The van der Waals surface area contributed by atoms with Gasteiger partial charge in [0, 0.05) is 21.1 Å². The third kappa shape index (κ3) is 3.94. The molecule has 0 fully saturated rings. The van der Waals surface area contributed by atoms with Crippen LogP contribution in [0.4, 0.5) is 0 Å². The molecule has 0 saturated carbocycles. The Morgan fingerprint density at radius 1 is 1.19 bits per heavy atom. The lowest BCUT2D eigenvalue weighted by Crippen LogP contribution is -2.29. The van der Waals surface area contributed by atoms with E-state index in [1.165, 1.54) is 0 Å². The Labute approximate surface area is 138 Å². The van der Waals surface area contributed by atoms with Crippen molar-refractivity contribution in [2.24, 2.45) is 0 Å². The van der Waals surface area contributed by atoms with Crippen LogP contribution in [0.5, 0.6) is 0 Å². The maximum absolute atomic E-state index is 12.4. The summed E-state index contributed by atoms with van der Waals surface area (Å²) in [4.78, 5) is 14.4. The summed E-state index contributed by atoms with van der Waals surface area (Å²) in [6.45, 7) is 2.39. The minimum absolute atomic E-state index is 0.0742. The number of ketones is 1. The Balaban J connectivity index is 2.11. The average Bonchev–Trinajstić information content (AvgIpc) is 2.47. The van der Waals surface area contributed by atoms with Crippen molar-refractivity contribution in [3.05, 3.63) is 69.2 Å². The minimum Gasteiger partial charge on any atom is -0.293 e. The molecule has 1 atom stereocenters. The molecule has 1 unspecified atom stereocenters. The molecule has 0 N–H and O–H groups in total. The summed E-state index contributed by atoms with van der Waals surface area (Å²) in [7, 11) is 1.93. The van der Waals surface area contributed by atoms with Gasteiger partial charge in [-0.3, -0.25) is 9.69 Å². The average molecular weight is 367 g/mol. The van der Waals surface area contributed by atoms with Crippen molar-refractivity contribution in [2.45, 2.75) is 13.0 Å². The normalized spacial score (nSPS) is 12.4. The molecule has 0 aliphatic rings. The van der Waals surface area contributed by atoms with Gasteiger partial charge in [0.05, 0.1) is 6.54 Å². The van der Waals surface area contributed by atoms with Crippen LogP contribution >= 0.6 is 27.5 Å². The first-order chi connectivity index (χ1) is 10.0. The number of carbonyl (C=O) groups excluding carboxylic acids is 1. The summed E-state index contributed by atoms with van der Waals surface area (Å²) in [6.07, 6.45) is 0. The van der Waals surface area contributed by atoms with Crippen LogP contribution < -0.4 is 0 Å². The Bertz CT molecular complexity index is 644. The summed E-state index contributed by atoms with van der Waals surface area (Å²) < 4.78 is 0.828. The van der Waals surface area contributed by atoms with Gasteiger partial charge in [-0.25, -0.2) is 0 Å². The standard InChI is InChI=1S/C17H17BrClNO/c1-12(13-7-4-6-10-16(13)19)20(2)11-17(21)14-8-3-5-9-15(14)18/h3-10,12H,11H2,1-2H3. The van der Waals surface area contributed by atoms with Crippen LogP contribution in [0.1, 0.15) is 28.9 Å². The number of halogens is 2. The van der Waals surface area contributed by atoms with Crippen molar-refractivity contribution in [1.82, 2.24) is 4.90 Å². The molecule has 2 rings (SSSR count).